The lowest BCUT2D eigenvalue weighted by atomic mass is 10.2. The molecule has 0 aliphatic rings. The molecule has 0 aliphatic carbocycles. The van der Waals surface area contributed by atoms with Crippen molar-refractivity contribution in [3.05, 3.63) is 52.0 Å². The second kappa shape index (κ2) is 6.28. The lowest BCUT2D eigenvalue weighted by molar-refractivity contribution is 0.0360. The fourth-order valence-corrected chi connectivity index (χ4v) is 2.27. The summed E-state index contributed by atoms with van der Waals surface area (Å²) in [6.07, 6.45) is 0.743. The van der Waals surface area contributed by atoms with Crippen LogP contribution in [0, 0.1) is 0 Å². The fraction of sp³-hybridized carbons (Fsp3) is 0.231. The SMILES string of the molecule is CCONC(=O)c1csc(Cc2ccccc2)n1. The van der Waals surface area contributed by atoms with Crippen LogP contribution in [0.5, 0.6) is 0 Å². The van der Waals surface area contributed by atoms with Crippen molar-refractivity contribution >= 4 is 17.2 Å². The topological polar surface area (TPSA) is 51.2 Å². The second-order valence-corrected chi connectivity index (χ2v) is 4.60. The number of hydrogen-bond acceptors (Lipinski definition) is 4. The van der Waals surface area contributed by atoms with Crippen LogP contribution in [0.3, 0.4) is 0 Å². The Labute approximate surface area is 110 Å². The van der Waals surface area contributed by atoms with E-state index in [1.54, 1.807) is 5.38 Å². The van der Waals surface area contributed by atoms with E-state index in [2.05, 4.69) is 10.5 Å². The Morgan fingerprint density at radius 1 is 1.39 bits per heavy atom. The molecule has 0 bridgehead atoms. The molecular weight excluding hydrogens is 248 g/mol. The van der Waals surface area contributed by atoms with Gasteiger partial charge in [0.2, 0.25) is 0 Å². The van der Waals surface area contributed by atoms with Gasteiger partial charge < -0.3 is 0 Å². The molecule has 2 rings (SSSR count). The van der Waals surface area contributed by atoms with Crippen molar-refractivity contribution < 1.29 is 9.63 Å². The summed E-state index contributed by atoms with van der Waals surface area (Å²) in [4.78, 5) is 20.7. The first-order valence-electron chi connectivity index (χ1n) is 5.70. The number of nitrogens with zero attached hydrogens (tertiary/aromatic N) is 1. The number of aromatic nitrogens is 1. The highest BCUT2D eigenvalue weighted by Gasteiger charge is 2.10. The van der Waals surface area contributed by atoms with Gasteiger partial charge in [0.15, 0.2) is 0 Å². The molecule has 18 heavy (non-hydrogen) atoms. The zero-order chi connectivity index (χ0) is 12.8. The highest BCUT2D eigenvalue weighted by atomic mass is 32.1. The number of benzene rings is 1. The number of thiazole rings is 1. The maximum absolute atomic E-state index is 11.6. The van der Waals surface area contributed by atoms with Crippen LogP contribution in [0.4, 0.5) is 0 Å². The van der Waals surface area contributed by atoms with Crippen LogP contribution < -0.4 is 5.48 Å². The smallest absolute Gasteiger partial charge is 0.274 e. The maximum atomic E-state index is 11.6. The Kier molecular flexibility index (Phi) is 4.44. The van der Waals surface area contributed by atoms with Crippen LogP contribution in [-0.2, 0) is 11.3 Å². The van der Waals surface area contributed by atoms with Gasteiger partial charge in [-0.3, -0.25) is 9.63 Å². The molecule has 4 nitrogen and oxygen atoms in total. The van der Waals surface area contributed by atoms with E-state index in [0.717, 1.165) is 11.4 Å². The zero-order valence-corrected chi connectivity index (χ0v) is 10.9. The molecule has 0 atom stereocenters. The molecule has 1 N–H and O–H groups in total. The van der Waals surface area contributed by atoms with Gasteiger partial charge >= 0.3 is 0 Å². The lowest BCUT2D eigenvalue weighted by Gasteiger charge is -2.00. The van der Waals surface area contributed by atoms with Gasteiger partial charge in [-0.15, -0.1) is 11.3 Å². The molecule has 1 heterocycles. The van der Waals surface area contributed by atoms with Gasteiger partial charge in [0.05, 0.1) is 11.6 Å². The van der Waals surface area contributed by atoms with Gasteiger partial charge in [-0.25, -0.2) is 10.5 Å². The number of amides is 1. The third-order valence-corrected chi connectivity index (χ3v) is 3.14. The summed E-state index contributed by atoms with van der Waals surface area (Å²) in [6.45, 7) is 2.24. The van der Waals surface area contributed by atoms with Crippen molar-refractivity contribution in [1.29, 1.82) is 0 Å². The predicted molar refractivity (Wildman–Crippen MR) is 70.5 cm³/mol. The number of hydroxylamine groups is 1. The third kappa shape index (κ3) is 3.38. The molecule has 0 radical (unpaired) electrons. The standard InChI is InChI=1S/C13H14N2O2S/c1-2-17-15-13(16)11-9-18-12(14-11)8-10-6-4-3-5-7-10/h3-7,9H,2,8H2,1H3,(H,15,16). The predicted octanol–water partition coefficient (Wildman–Crippen LogP) is 2.42. The van der Waals surface area contributed by atoms with E-state index in [1.165, 1.54) is 16.9 Å². The molecule has 0 aliphatic heterocycles. The first-order chi connectivity index (χ1) is 8.79. The average Bonchev–Trinajstić information content (AvgIpc) is 2.86. The monoisotopic (exact) mass is 262 g/mol. The summed E-state index contributed by atoms with van der Waals surface area (Å²) < 4.78 is 0. The molecule has 0 spiro atoms. The molecule has 1 amide bonds. The van der Waals surface area contributed by atoms with Gasteiger partial charge in [0.25, 0.3) is 5.91 Å². The minimum Gasteiger partial charge on any atom is -0.274 e. The van der Waals surface area contributed by atoms with Crippen molar-refractivity contribution in [3.8, 4) is 0 Å². The molecule has 0 saturated heterocycles. The van der Waals surface area contributed by atoms with Gasteiger partial charge in [-0.1, -0.05) is 30.3 Å². The maximum Gasteiger partial charge on any atom is 0.294 e. The Morgan fingerprint density at radius 2 is 2.17 bits per heavy atom. The van der Waals surface area contributed by atoms with E-state index in [0.29, 0.717) is 12.3 Å². The highest BCUT2D eigenvalue weighted by Crippen LogP contribution is 2.14. The largest absolute Gasteiger partial charge is 0.294 e. The Morgan fingerprint density at radius 3 is 2.89 bits per heavy atom. The van der Waals surface area contributed by atoms with Gasteiger partial charge in [-0.2, -0.15) is 0 Å². The summed E-state index contributed by atoms with van der Waals surface area (Å²) in [5.41, 5.74) is 3.92. The van der Waals surface area contributed by atoms with Gasteiger partial charge in [0.1, 0.15) is 5.69 Å². The van der Waals surface area contributed by atoms with Gasteiger partial charge in [-0.05, 0) is 12.5 Å². The normalized spacial score (nSPS) is 10.3. The number of hydrogen-bond donors (Lipinski definition) is 1. The third-order valence-electron chi connectivity index (χ3n) is 2.29. The van der Waals surface area contributed by atoms with Crippen LogP contribution in [0.25, 0.3) is 0 Å². The molecule has 0 unspecified atom stereocenters. The summed E-state index contributed by atoms with van der Waals surface area (Å²) in [6, 6.07) is 10.0. The van der Waals surface area contributed by atoms with E-state index < -0.39 is 0 Å². The zero-order valence-electron chi connectivity index (χ0n) is 10.1. The number of carbonyl (C=O) groups is 1. The summed E-state index contributed by atoms with van der Waals surface area (Å²) in [7, 11) is 0. The molecule has 94 valence electrons. The van der Waals surface area contributed by atoms with Crippen LogP contribution in [0.2, 0.25) is 0 Å². The number of carbonyl (C=O) groups excluding carboxylic acids is 1. The quantitative estimate of drug-likeness (QED) is 0.842. The number of rotatable bonds is 5. The first kappa shape index (κ1) is 12.7. The molecule has 0 fully saturated rings. The summed E-state index contributed by atoms with van der Waals surface area (Å²) in [5.74, 6) is -0.299. The van der Waals surface area contributed by atoms with Crippen LogP contribution in [-0.4, -0.2) is 17.5 Å². The summed E-state index contributed by atoms with van der Waals surface area (Å²) >= 11 is 1.48. The molecule has 1 aromatic heterocycles. The lowest BCUT2D eigenvalue weighted by Crippen LogP contribution is -2.23. The van der Waals surface area contributed by atoms with Crippen molar-refractivity contribution in [2.24, 2.45) is 0 Å². The molecule has 1 aromatic carbocycles. The minimum absolute atomic E-state index is 0.299. The van der Waals surface area contributed by atoms with E-state index in [9.17, 15) is 4.79 Å². The van der Waals surface area contributed by atoms with Gasteiger partial charge in [0, 0.05) is 11.8 Å². The molecule has 2 aromatic rings. The van der Waals surface area contributed by atoms with Crippen LogP contribution in [0.1, 0.15) is 28.0 Å². The highest BCUT2D eigenvalue weighted by molar-refractivity contribution is 7.09. The van der Waals surface area contributed by atoms with Crippen molar-refractivity contribution in [3.63, 3.8) is 0 Å². The van der Waals surface area contributed by atoms with E-state index in [-0.39, 0.29) is 5.91 Å². The van der Waals surface area contributed by atoms with Crippen molar-refractivity contribution in [1.82, 2.24) is 10.5 Å². The van der Waals surface area contributed by atoms with E-state index in [4.69, 9.17) is 4.84 Å². The van der Waals surface area contributed by atoms with Crippen molar-refractivity contribution in [2.45, 2.75) is 13.3 Å². The van der Waals surface area contributed by atoms with Crippen LogP contribution in [0.15, 0.2) is 35.7 Å². The molecule has 0 saturated carbocycles. The van der Waals surface area contributed by atoms with E-state index >= 15 is 0 Å². The second-order valence-electron chi connectivity index (χ2n) is 3.65. The fourth-order valence-electron chi connectivity index (χ4n) is 1.46. The Hall–Kier alpha value is -1.72. The van der Waals surface area contributed by atoms with Crippen LogP contribution >= 0.6 is 11.3 Å². The Bertz CT molecular complexity index is 511. The van der Waals surface area contributed by atoms with E-state index in [1.807, 2.05) is 37.3 Å². The van der Waals surface area contributed by atoms with Crippen molar-refractivity contribution in [2.75, 3.05) is 6.61 Å². The summed E-state index contributed by atoms with van der Waals surface area (Å²) in [5, 5.41) is 2.66. The molecule has 5 heteroatoms. The first-order valence-corrected chi connectivity index (χ1v) is 6.58. The molecular formula is C13H14N2O2S. The average molecular weight is 262 g/mol. The Balaban J connectivity index is 2.00. The minimum atomic E-state index is -0.299. The number of nitrogens with one attached hydrogen (secondary N) is 1.